The molecule has 17 heavy (non-hydrogen) atoms. The molecule has 3 rings (SSSR count). The predicted molar refractivity (Wildman–Crippen MR) is 73.2 cm³/mol. The Labute approximate surface area is 102 Å². The van der Waals surface area contributed by atoms with E-state index in [1.165, 1.54) is 42.4 Å². The Morgan fingerprint density at radius 2 is 2.18 bits per heavy atom. The number of allylic oxidation sites excluding steroid dienone is 2. The number of hydrogen-bond donors (Lipinski definition) is 1. The third-order valence-corrected chi connectivity index (χ3v) is 3.33. The van der Waals surface area contributed by atoms with E-state index in [1.807, 2.05) is 12.4 Å². The van der Waals surface area contributed by atoms with E-state index in [9.17, 15) is 0 Å². The topological polar surface area (TPSA) is 24.4 Å². The van der Waals surface area contributed by atoms with Gasteiger partial charge in [0.25, 0.3) is 0 Å². The molecule has 1 aromatic rings. The fourth-order valence-corrected chi connectivity index (χ4v) is 2.39. The quantitative estimate of drug-likeness (QED) is 0.767. The smallest absolute Gasteiger partial charge is 0.0469 e. The summed E-state index contributed by atoms with van der Waals surface area (Å²) in [6, 6.07) is 6.58. The highest BCUT2D eigenvalue weighted by Crippen LogP contribution is 2.29. The van der Waals surface area contributed by atoms with Crippen molar-refractivity contribution in [3.63, 3.8) is 0 Å². The van der Waals surface area contributed by atoms with Gasteiger partial charge in [-0.2, -0.15) is 0 Å². The van der Waals surface area contributed by atoms with Crippen LogP contribution in [0.3, 0.4) is 0 Å². The van der Waals surface area contributed by atoms with Gasteiger partial charge in [-0.25, -0.2) is 0 Å². The fraction of sp³-hybridized carbons (Fsp3) is 0.267. The number of benzene rings is 1. The van der Waals surface area contributed by atoms with E-state index in [1.54, 1.807) is 6.20 Å². The largest absolute Gasteiger partial charge is 0.360 e. The van der Waals surface area contributed by atoms with Crippen molar-refractivity contribution < 1.29 is 0 Å². The second-order valence-corrected chi connectivity index (χ2v) is 4.52. The number of fused-ring (bicyclic) bond motifs is 1. The van der Waals surface area contributed by atoms with Crippen molar-refractivity contribution in [1.82, 2.24) is 0 Å². The average Bonchev–Trinajstić information content (AvgIpc) is 2.64. The van der Waals surface area contributed by atoms with Crippen molar-refractivity contribution in [3.05, 3.63) is 47.8 Å². The zero-order valence-electron chi connectivity index (χ0n) is 9.82. The maximum Gasteiger partial charge on any atom is 0.0469 e. The van der Waals surface area contributed by atoms with Crippen LogP contribution < -0.4 is 5.32 Å². The molecule has 86 valence electrons. The van der Waals surface area contributed by atoms with Gasteiger partial charge in [0.1, 0.15) is 0 Å². The molecule has 1 aliphatic carbocycles. The summed E-state index contributed by atoms with van der Waals surface area (Å²) in [6.45, 7) is 0. The van der Waals surface area contributed by atoms with Crippen molar-refractivity contribution >= 4 is 17.5 Å². The Morgan fingerprint density at radius 1 is 1.18 bits per heavy atom. The number of rotatable bonds is 1. The Bertz CT molecular complexity index is 510. The van der Waals surface area contributed by atoms with Crippen LogP contribution in [0.4, 0.5) is 5.69 Å². The molecular weight excluding hydrogens is 208 g/mol. The summed E-state index contributed by atoms with van der Waals surface area (Å²) < 4.78 is 0. The number of nitrogens with zero attached hydrogens (tertiary/aromatic N) is 1. The maximum absolute atomic E-state index is 4.21. The van der Waals surface area contributed by atoms with Gasteiger partial charge in [-0.05, 0) is 49.0 Å². The standard InChI is InChI=1S/C15H16N2/c1-2-4-12(5-3-1)13-6-7-15-14(10-13)11-16-8-9-17-15/h4,6-11,17H,1-3,5H2. The predicted octanol–water partition coefficient (Wildman–Crippen LogP) is 3.96. The second kappa shape index (κ2) is 4.58. The lowest BCUT2D eigenvalue weighted by molar-refractivity contribution is 0.742. The van der Waals surface area contributed by atoms with Crippen molar-refractivity contribution in [3.8, 4) is 0 Å². The van der Waals surface area contributed by atoms with E-state index in [-0.39, 0.29) is 0 Å². The van der Waals surface area contributed by atoms with Crippen LogP contribution in [0.15, 0.2) is 41.7 Å². The summed E-state index contributed by atoms with van der Waals surface area (Å²) in [7, 11) is 0. The Hall–Kier alpha value is -1.83. The molecule has 0 amide bonds. The second-order valence-electron chi connectivity index (χ2n) is 4.52. The molecule has 1 N–H and O–H groups in total. The molecule has 0 fully saturated rings. The molecule has 2 aliphatic rings. The van der Waals surface area contributed by atoms with Crippen molar-refractivity contribution in [2.24, 2.45) is 4.99 Å². The average molecular weight is 224 g/mol. The fourth-order valence-electron chi connectivity index (χ4n) is 2.39. The lowest BCUT2D eigenvalue weighted by Crippen LogP contribution is -1.96. The first kappa shape index (κ1) is 10.3. The van der Waals surface area contributed by atoms with E-state index in [0.29, 0.717) is 0 Å². The molecule has 0 bridgehead atoms. The number of anilines is 1. The van der Waals surface area contributed by atoms with Gasteiger partial charge >= 0.3 is 0 Å². The van der Waals surface area contributed by atoms with E-state index < -0.39 is 0 Å². The van der Waals surface area contributed by atoms with Crippen LogP contribution in [0.1, 0.15) is 36.8 Å². The van der Waals surface area contributed by atoms with Gasteiger partial charge in [-0.15, -0.1) is 0 Å². The number of hydrogen-bond acceptors (Lipinski definition) is 2. The van der Waals surface area contributed by atoms with E-state index >= 15 is 0 Å². The van der Waals surface area contributed by atoms with Gasteiger partial charge in [-0.3, -0.25) is 4.99 Å². The summed E-state index contributed by atoms with van der Waals surface area (Å²) in [5.41, 5.74) is 5.13. The highest BCUT2D eigenvalue weighted by Gasteiger charge is 2.08. The Balaban J connectivity index is 1.98. The van der Waals surface area contributed by atoms with E-state index in [4.69, 9.17) is 0 Å². The Kier molecular flexibility index (Phi) is 2.78. The molecule has 0 aromatic heterocycles. The van der Waals surface area contributed by atoms with Crippen LogP contribution in [-0.2, 0) is 0 Å². The minimum Gasteiger partial charge on any atom is -0.360 e. The SMILES string of the molecule is C1=CNc2ccc(C3=CCCCC3)cc2C=N1. The molecule has 0 saturated carbocycles. The van der Waals surface area contributed by atoms with E-state index in [2.05, 4.69) is 34.6 Å². The van der Waals surface area contributed by atoms with Crippen LogP contribution in [0.2, 0.25) is 0 Å². The third kappa shape index (κ3) is 2.16. The third-order valence-electron chi connectivity index (χ3n) is 3.33. The maximum atomic E-state index is 4.21. The Morgan fingerprint density at radius 3 is 3.06 bits per heavy atom. The first-order chi connectivity index (χ1) is 8.43. The van der Waals surface area contributed by atoms with Crippen molar-refractivity contribution in [2.45, 2.75) is 25.7 Å². The van der Waals surface area contributed by atoms with Crippen molar-refractivity contribution in [1.29, 1.82) is 0 Å². The summed E-state index contributed by atoms with van der Waals surface area (Å²) >= 11 is 0. The van der Waals surface area contributed by atoms with Crippen molar-refractivity contribution in [2.75, 3.05) is 5.32 Å². The molecule has 2 nitrogen and oxygen atoms in total. The zero-order chi connectivity index (χ0) is 11.5. The molecule has 1 aliphatic heterocycles. The zero-order valence-corrected chi connectivity index (χ0v) is 9.82. The molecular formula is C15H16N2. The molecule has 0 saturated heterocycles. The lowest BCUT2D eigenvalue weighted by atomic mass is 9.92. The normalized spacial score (nSPS) is 18.0. The van der Waals surface area contributed by atoms with Crippen LogP contribution in [0, 0.1) is 0 Å². The molecule has 1 aromatic carbocycles. The summed E-state index contributed by atoms with van der Waals surface area (Å²) in [5.74, 6) is 0. The monoisotopic (exact) mass is 224 g/mol. The van der Waals surface area contributed by atoms with Gasteiger partial charge < -0.3 is 5.32 Å². The van der Waals surface area contributed by atoms with Gasteiger partial charge in [0, 0.05) is 29.9 Å². The molecule has 0 radical (unpaired) electrons. The molecule has 0 atom stereocenters. The van der Waals surface area contributed by atoms with Gasteiger partial charge in [0.15, 0.2) is 0 Å². The highest BCUT2D eigenvalue weighted by atomic mass is 14.9. The molecule has 0 spiro atoms. The minimum atomic E-state index is 1.13. The molecule has 2 heteroatoms. The number of nitrogens with one attached hydrogen (secondary N) is 1. The van der Waals surface area contributed by atoms with Crippen LogP contribution in [0.25, 0.3) is 5.57 Å². The van der Waals surface area contributed by atoms with Gasteiger partial charge in [-0.1, -0.05) is 12.1 Å². The van der Waals surface area contributed by atoms with Gasteiger partial charge in [0.2, 0.25) is 0 Å². The molecule has 1 heterocycles. The summed E-state index contributed by atoms with van der Waals surface area (Å²) in [4.78, 5) is 4.21. The van der Waals surface area contributed by atoms with E-state index in [0.717, 1.165) is 5.69 Å². The summed E-state index contributed by atoms with van der Waals surface area (Å²) in [6.07, 6.45) is 13.0. The summed E-state index contributed by atoms with van der Waals surface area (Å²) in [5, 5.41) is 3.23. The minimum absolute atomic E-state index is 1.13. The van der Waals surface area contributed by atoms with Crippen LogP contribution >= 0.6 is 0 Å². The van der Waals surface area contributed by atoms with Crippen LogP contribution in [-0.4, -0.2) is 6.21 Å². The van der Waals surface area contributed by atoms with Crippen LogP contribution in [0.5, 0.6) is 0 Å². The van der Waals surface area contributed by atoms with Gasteiger partial charge in [0.05, 0.1) is 0 Å². The lowest BCUT2D eigenvalue weighted by Gasteiger charge is -2.14. The molecule has 0 unspecified atom stereocenters. The number of aliphatic imine (C=N–C) groups is 1. The first-order valence-corrected chi connectivity index (χ1v) is 6.22. The highest BCUT2D eigenvalue weighted by molar-refractivity contribution is 5.90. The first-order valence-electron chi connectivity index (χ1n) is 6.22.